The van der Waals surface area contributed by atoms with Crippen molar-refractivity contribution >= 4 is 10.0 Å². The fraction of sp³-hybridized carbons (Fsp3) is 0.538. The molecule has 20 heavy (non-hydrogen) atoms. The molecule has 0 saturated heterocycles. The van der Waals surface area contributed by atoms with Gasteiger partial charge in [0.1, 0.15) is 12.4 Å². The average Bonchev–Trinajstić information content (AvgIpc) is 2.39. The molecule has 0 aromatic heterocycles. The van der Waals surface area contributed by atoms with Gasteiger partial charge >= 0.3 is 0 Å². The number of rotatable bonds is 9. The highest BCUT2D eigenvalue weighted by Crippen LogP contribution is 2.15. The molecule has 0 fully saturated rings. The minimum absolute atomic E-state index is 0.169. The molecular formula is C13H21NO5S. The molecule has 1 rings (SSSR count). The molecule has 0 aliphatic carbocycles. The molecule has 114 valence electrons. The highest BCUT2D eigenvalue weighted by Gasteiger charge is 2.13. The molecule has 0 radical (unpaired) electrons. The Hall–Kier alpha value is -1.15. The van der Waals surface area contributed by atoms with E-state index < -0.39 is 16.1 Å². The number of sulfonamides is 1. The third kappa shape index (κ3) is 5.87. The normalized spacial score (nSPS) is 13.2. The summed E-state index contributed by atoms with van der Waals surface area (Å²) in [6, 6.07) is 6.15. The second-order valence-electron chi connectivity index (χ2n) is 4.35. The molecular weight excluding hydrogens is 282 g/mol. The Balaban J connectivity index is 2.57. The van der Waals surface area contributed by atoms with Crippen LogP contribution in [0.25, 0.3) is 0 Å². The Kier molecular flexibility index (Phi) is 6.94. The predicted molar refractivity (Wildman–Crippen MR) is 75.3 cm³/mol. The van der Waals surface area contributed by atoms with E-state index in [1.807, 2.05) is 0 Å². The maximum Gasteiger partial charge on any atom is 0.240 e. The van der Waals surface area contributed by atoms with E-state index in [9.17, 15) is 8.42 Å². The Morgan fingerprint density at radius 2 is 1.90 bits per heavy atom. The first-order valence-corrected chi connectivity index (χ1v) is 7.83. The van der Waals surface area contributed by atoms with Crippen LogP contribution in [0.3, 0.4) is 0 Å². The van der Waals surface area contributed by atoms with Crippen molar-refractivity contribution in [3.63, 3.8) is 0 Å². The van der Waals surface area contributed by atoms with Crippen LogP contribution in [0, 0.1) is 0 Å². The quantitative estimate of drug-likeness (QED) is 0.658. The first-order chi connectivity index (χ1) is 9.45. The molecule has 0 saturated carbocycles. The van der Waals surface area contributed by atoms with Gasteiger partial charge in [-0.25, -0.2) is 13.1 Å². The van der Waals surface area contributed by atoms with Crippen LogP contribution in [0.5, 0.6) is 5.75 Å². The van der Waals surface area contributed by atoms with Gasteiger partial charge in [0.2, 0.25) is 10.0 Å². The minimum atomic E-state index is -3.54. The Morgan fingerprint density at radius 3 is 2.45 bits per heavy atom. The van der Waals surface area contributed by atoms with Crippen molar-refractivity contribution in [2.45, 2.75) is 24.3 Å². The van der Waals surface area contributed by atoms with Gasteiger partial charge in [0.05, 0.1) is 17.6 Å². The van der Waals surface area contributed by atoms with Crippen molar-refractivity contribution in [2.75, 3.05) is 26.9 Å². The standard InChI is InChI=1S/C13H21NO5S/c1-11(15)7-8-14-20(16,17)13-5-3-12(4-6-13)19-10-9-18-2/h3-6,11,14-15H,7-10H2,1-2H3. The van der Waals surface area contributed by atoms with Crippen LogP contribution in [-0.4, -0.2) is 46.5 Å². The zero-order valence-corrected chi connectivity index (χ0v) is 12.5. The summed E-state index contributed by atoms with van der Waals surface area (Å²) in [6.45, 7) is 2.70. The Bertz CT molecular complexity index is 484. The van der Waals surface area contributed by atoms with Crippen molar-refractivity contribution in [2.24, 2.45) is 0 Å². The predicted octanol–water partition coefficient (Wildman–Crippen LogP) is 0.761. The third-order valence-corrected chi connectivity index (χ3v) is 4.02. The van der Waals surface area contributed by atoms with Gasteiger partial charge in [0.15, 0.2) is 0 Å². The molecule has 7 heteroatoms. The largest absolute Gasteiger partial charge is 0.491 e. The number of nitrogens with one attached hydrogen (secondary N) is 1. The van der Waals surface area contributed by atoms with Gasteiger partial charge in [-0.2, -0.15) is 0 Å². The van der Waals surface area contributed by atoms with Crippen LogP contribution in [0.1, 0.15) is 13.3 Å². The first kappa shape index (κ1) is 16.9. The van der Waals surface area contributed by atoms with Crippen molar-refractivity contribution in [3.8, 4) is 5.75 Å². The monoisotopic (exact) mass is 303 g/mol. The van der Waals surface area contributed by atoms with E-state index in [0.29, 0.717) is 25.4 Å². The molecule has 0 spiro atoms. The van der Waals surface area contributed by atoms with Crippen molar-refractivity contribution in [1.29, 1.82) is 0 Å². The summed E-state index contributed by atoms with van der Waals surface area (Å²) in [5.74, 6) is 0.588. The lowest BCUT2D eigenvalue weighted by Crippen LogP contribution is -2.26. The Labute approximate surface area is 119 Å². The fourth-order valence-electron chi connectivity index (χ4n) is 1.44. The van der Waals surface area contributed by atoms with Gasteiger partial charge in [-0.05, 0) is 37.6 Å². The summed E-state index contributed by atoms with van der Waals surface area (Å²) in [7, 11) is -1.96. The highest BCUT2D eigenvalue weighted by atomic mass is 32.2. The number of ether oxygens (including phenoxy) is 2. The second-order valence-corrected chi connectivity index (χ2v) is 6.12. The van der Waals surface area contributed by atoms with Crippen LogP contribution >= 0.6 is 0 Å². The minimum Gasteiger partial charge on any atom is -0.491 e. The zero-order valence-electron chi connectivity index (χ0n) is 11.7. The molecule has 0 heterocycles. The van der Waals surface area contributed by atoms with E-state index >= 15 is 0 Å². The van der Waals surface area contributed by atoms with E-state index in [-0.39, 0.29) is 11.4 Å². The molecule has 2 N–H and O–H groups in total. The lowest BCUT2D eigenvalue weighted by atomic mass is 10.3. The smallest absolute Gasteiger partial charge is 0.240 e. The van der Waals surface area contributed by atoms with Crippen molar-refractivity contribution in [3.05, 3.63) is 24.3 Å². The van der Waals surface area contributed by atoms with Gasteiger partial charge in [0.25, 0.3) is 0 Å². The van der Waals surface area contributed by atoms with Crippen LogP contribution in [0.2, 0.25) is 0 Å². The van der Waals surface area contributed by atoms with Crippen molar-refractivity contribution < 1.29 is 23.0 Å². The van der Waals surface area contributed by atoms with Crippen LogP contribution in [0.4, 0.5) is 0 Å². The summed E-state index contributed by atoms with van der Waals surface area (Å²) >= 11 is 0. The average molecular weight is 303 g/mol. The number of benzene rings is 1. The fourth-order valence-corrected chi connectivity index (χ4v) is 2.49. The molecule has 1 aromatic rings. The van der Waals surface area contributed by atoms with Crippen LogP contribution in [-0.2, 0) is 14.8 Å². The molecule has 0 aliphatic heterocycles. The SMILES string of the molecule is COCCOc1ccc(S(=O)(=O)NCCC(C)O)cc1. The van der Waals surface area contributed by atoms with Gasteiger partial charge in [-0.15, -0.1) is 0 Å². The van der Waals surface area contributed by atoms with Crippen LogP contribution in [0.15, 0.2) is 29.2 Å². The van der Waals surface area contributed by atoms with Gasteiger partial charge in [-0.1, -0.05) is 0 Å². The Morgan fingerprint density at radius 1 is 1.25 bits per heavy atom. The van der Waals surface area contributed by atoms with E-state index in [1.165, 1.54) is 12.1 Å². The molecule has 0 amide bonds. The highest BCUT2D eigenvalue weighted by molar-refractivity contribution is 7.89. The molecule has 1 aromatic carbocycles. The van der Waals surface area contributed by atoms with E-state index in [0.717, 1.165) is 0 Å². The molecule has 6 nitrogen and oxygen atoms in total. The molecule has 0 bridgehead atoms. The van der Waals surface area contributed by atoms with E-state index in [4.69, 9.17) is 14.6 Å². The van der Waals surface area contributed by atoms with Gasteiger partial charge < -0.3 is 14.6 Å². The number of hydrogen-bond donors (Lipinski definition) is 2. The topological polar surface area (TPSA) is 84.9 Å². The molecule has 1 unspecified atom stereocenters. The number of methoxy groups -OCH3 is 1. The number of aliphatic hydroxyl groups excluding tert-OH is 1. The summed E-state index contributed by atoms with van der Waals surface area (Å²) in [6.07, 6.45) is -0.161. The molecule has 1 atom stereocenters. The van der Waals surface area contributed by atoms with Gasteiger partial charge in [0, 0.05) is 13.7 Å². The maximum absolute atomic E-state index is 11.9. The second kappa shape index (κ2) is 8.21. The maximum atomic E-state index is 11.9. The number of aliphatic hydroxyl groups is 1. The van der Waals surface area contributed by atoms with Crippen molar-refractivity contribution in [1.82, 2.24) is 4.72 Å². The lowest BCUT2D eigenvalue weighted by molar-refractivity contribution is 0.146. The van der Waals surface area contributed by atoms with E-state index in [1.54, 1.807) is 26.2 Å². The lowest BCUT2D eigenvalue weighted by Gasteiger charge is -2.09. The van der Waals surface area contributed by atoms with Gasteiger partial charge in [-0.3, -0.25) is 0 Å². The molecule has 0 aliphatic rings. The van der Waals surface area contributed by atoms with E-state index in [2.05, 4.69) is 4.72 Å². The summed E-state index contributed by atoms with van der Waals surface area (Å²) in [5, 5.41) is 9.10. The van der Waals surface area contributed by atoms with Crippen LogP contribution < -0.4 is 9.46 Å². The summed E-state index contributed by atoms with van der Waals surface area (Å²) < 4.78 is 36.5. The zero-order chi connectivity index (χ0) is 15.0. The third-order valence-electron chi connectivity index (χ3n) is 2.54. The summed E-state index contributed by atoms with van der Waals surface area (Å²) in [4.78, 5) is 0.169. The summed E-state index contributed by atoms with van der Waals surface area (Å²) in [5.41, 5.74) is 0. The first-order valence-electron chi connectivity index (χ1n) is 6.35. The number of hydrogen-bond acceptors (Lipinski definition) is 5.